The van der Waals surface area contributed by atoms with Crippen LogP contribution in [0, 0.1) is 6.92 Å². The molecule has 2 aromatic carbocycles. The van der Waals surface area contributed by atoms with Crippen LogP contribution in [0.3, 0.4) is 0 Å². The first-order valence-corrected chi connectivity index (χ1v) is 12.0. The van der Waals surface area contributed by atoms with Gasteiger partial charge in [0.25, 0.3) is 5.91 Å². The molecular weight excluding hydrogens is 515 g/mol. The molecule has 0 fully saturated rings. The molecule has 0 saturated heterocycles. The van der Waals surface area contributed by atoms with Gasteiger partial charge < -0.3 is 20.1 Å². The number of pyridine rings is 1. The standard InChI is InChI=1S/C25H19ClF3N3O3S/c1-12-9-18(25(27,28)29)30-24-19(12)20-21(36-24)23(33)32-22(31-20)13-3-8-17(34-2)14(10-13)11-35-16-6-4-15(26)5-7-16/h3-10,22,31H,11H2,1-2H3,(H,32,33)/t22-/m0/s1. The molecular formula is C25H19ClF3N3O3S. The van der Waals surface area contributed by atoms with Gasteiger partial charge in [-0.15, -0.1) is 11.3 Å². The highest BCUT2D eigenvalue weighted by molar-refractivity contribution is 7.21. The van der Waals surface area contributed by atoms with Crippen molar-refractivity contribution in [1.82, 2.24) is 10.3 Å². The third-order valence-electron chi connectivity index (χ3n) is 5.77. The highest BCUT2D eigenvalue weighted by Gasteiger charge is 2.35. The molecule has 2 N–H and O–H groups in total. The van der Waals surface area contributed by atoms with Crippen molar-refractivity contribution < 1.29 is 27.4 Å². The molecule has 186 valence electrons. The monoisotopic (exact) mass is 533 g/mol. The Labute approximate surface area is 213 Å². The van der Waals surface area contributed by atoms with E-state index in [4.69, 9.17) is 21.1 Å². The topological polar surface area (TPSA) is 72.5 Å². The lowest BCUT2D eigenvalue weighted by atomic mass is 10.0. The Kier molecular flexibility index (Phi) is 6.17. The molecule has 0 radical (unpaired) electrons. The lowest BCUT2D eigenvalue weighted by molar-refractivity contribution is -0.141. The van der Waals surface area contributed by atoms with Gasteiger partial charge in [-0.05, 0) is 60.5 Å². The Morgan fingerprint density at radius 2 is 1.86 bits per heavy atom. The molecule has 0 bridgehead atoms. The second kappa shape index (κ2) is 9.18. The van der Waals surface area contributed by atoms with Crippen LogP contribution in [0.2, 0.25) is 5.02 Å². The molecule has 11 heteroatoms. The number of halogens is 4. The quantitative estimate of drug-likeness (QED) is 0.298. The molecule has 2 aromatic heterocycles. The van der Waals surface area contributed by atoms with E-state index in [0.29, 0.717) is 33.2 Å². The second-order valence-corrected chi connectivity index (χ2v) is 9.61. The molecule has 4 aromatic rings. The van der Waals surface area contributed by atoms with Gasteiger partial charge in [0.2, 0.25) is 0 Å². The highest BCUT2D eigenvalue weighted by atomic mass is 35.5. The zero-order valence-corrected chi connectivity index (χ0v) is 20.6. The van der Waals surface area contributed by atoms with Crippen molar-refractivity contribution >= 4 is 44.7 Å². The van der Waals surface area contributed by atoms with Crippen LogP contribution < -0.4 is 20.1 Å². The molecule has 36 heavy (non-hydrogen) atoms. The van der Waals surface area contributed by atoms with Gasteiger partial charge in [0.15, 0.2) is 0 Å². The van der Waals surface area contributed by atoms with Crippen LogP contribution in [0.15, 0.2) is 48.5 Å². The van der Waals surface area contributed by atoms with Gasteiger partial charge >= 0.3 is 6.18 Å². The summed E-state index contributed by atoms with van der Waals surface area (Å²) in [6.07, 6.45) is -5.19. The van der Waals surface area contributed by atoms with Crippen LogP contribution in [0.4, 0.5) is 18.9 Å². The van der Waals surface area contributed by atoms with Gasteiger partial charge in [0, 0.05) is 16.0 Å². The average molecular weight is 534 g/mol. The van der Waals surface area contributed by atoms with Crippen molar-refractivity contribution in [1.29, 1.82) is 0 Å². The number of aryl methyl sites for hydroxylation is 1. The summed E-state index contributed by atoms with van der Waals surface area (Å²) >= 11 is 6.86. The van der Waals surface area contributed by atoms with Crippen LogP contribution in [-0.2, 0) is 12.8 Å². The zero-order valence-electron chi connectivity index (χ0n) is 19.0. The number of amides is 1. The summed E-state index contributed by atoms with van der Waals surface area (Å²) in [5, 5.41) is 7.25. The number of thiophene rings is 1. The summed E-state index contributed by atoms with van der Waals surface area (Å²) in [5.41, 5.74) is 1.34. The van der Waals surface area contributed by atoms with E-state index >= 15 is 0 Å². The molecule has 0 saturated carbocycles. The molecule has 1 aliphatic rings. The normalized spacial score (nSPS) is 15.3. The van der Waals surface area contributed by atoms with E-state index in [1.165, 1.54) is 0 Å². The van der Waals surface area contributed by atoms with E-state index in [-0.39, 0.29) is 22.2 Å². The number of nitrogens with one attached hydrogen (secondary N) is 2. The lowest BCUT2D eigenvalue weighted by Gasteiger charge is -2.27. The summed E-state index contributed by atoms with van der Waals surface area (Å²) in [6.45, 7) is 1.78. The van der Waals surface area contributed by atoms with Gasteiger partial charge in [0.1, 0.15) is 39.7 Å². The first-order chi connectivity index (χ1) is 17.1. The van der Waals surface area contributed by atoms with E-state index in [1.807, 2.05) is 6.07 Å². The molecule has 1 amide bonds. The number of carbonyl (C=O) groups is 1. The molecule has 1 atom stereocenters. The maximum Gasteiger partial charge on any atom is 0.433 e. The van der Waals surface area contributed by atoms with Crippen molar-refractivity contribution in [2.75, 3.05) is 12.4 Å². The van der Waals surface area contributed by atoms with Crippen molar-refractivity contribution in [2.45, 2.75) is 25.9 Å². The largest absolute Gasteiger partial charge is 0.496 e. The first kappa shape index (κ1) is 24.2. The SMILES string of the molecule is COc1ccc([C@@H]2NC(=O)c3sc4nc(C(F)(F)F)cc(C)c4c3N2)cc1COc1ccc(Cl)cc1. The number of hydrogen-bond donors (Lipinski definition) is 2. The molecule has 1 aliphatic heterocycles. The maximum absolute atomic E-state index is 13.2. The minimum atomic E-state index is -4.57. The predicted molar refractivity (Wildman–Crippen MR) is 132 cm³/mol. The lowest BCUT2D eigenvalue weighted by Crippen LogP contribution is -2.37. The molecule has 0 spiro atoms. The third-order valence-corrected chi connectivity index (χ3v) is 7.10. The summed E-state index contributed by atoms with van der Waals surface area (Å²) in [6, 6.07) is 13.4. The van der Waals surface area contributed by atoms with E-state index in [0.717, 1.165) is 28.5 Å². The van der Waals surface area contributed by atoms with Gasteiger partial charge in [0.05, 0.1) is 12.8 Å². The van der Waals surface area contributed by atoms with Crippen LogP contribution >= 0.6 is 22.9 Å². The number of fused-ring (bicyclic) bond motifs is 3. The fraction of sp³-hybridized carbons (Fsp3) is 0.200. The maximum atomic E-state index is 13.2. The third kappa shape index (κ3) is 4.54. The minimum Gasteiger partial charge on any atom is -0.496 e. The predicted octanol–water partition coefficient (Wildman–Crippen LogP) is 6.72. The molecule has 6 nitrogen and oxygen atoms in total. The van der Waals surface area contributed by atoms with Gasteiger partial charge in [-0.3, -0.25) is 4.79 Å². The Morgan fingerprint density at radius 3 is 2.56 bits per heavy atom. The van der Waals surface area contributed by atoms with E-state index in [1.54, 1.807) is 50.4 Å². The second-order valence-electron chi connectivity index (χ2n) is 8.17. The van der Waals surface area contributed by atoms with Crippen molar-refractivity contribution in [3.63, 3.8) is 0 Å². The van der Waals surface area contributed by atoms with Crippen LogP contribution in [-0.4, -0.2) is 18.0 Å². The van der Waals surface area contributed by atoms with Gasteiger partial charge in [-0.25, -0.2) is 4.98 Å². The Morgan fingerprint density at radius 1 is 1.11 bits per heavy atom. The van der Waals surface area contributed by atoms with Crippen molar-refractivity contribution in [3.05, 3.63) is 80.8 Å². The fourth-order valence-corrected chi connectivity index (χ4v) is 5.30. The zero-order chi connectivity index (χ0) is 25.6. The van der Waals surface area contributed by atoms with Gasteiger partial charge in [-0.2, -0.15) is 13.2 Å². The summed E-state index contributed by atoms with van der Waals surface area (Å²) in [5.74, 6) is 0.849. The van der Waals surface area contributed by atoms with E-state index in [2.05, 4.69) is 15.6 Å². The Balaban J connectivity index is 1.46. The molecule has 3 heterocycles. The first-order valence-electron chi connectivity index (χ1n) is 10.8. The number of rotatable bonds is 5. The summed E-state index contributed by atoms with van der Waals surface area (Å²) < 4.78 is 51.1. The average Bonchev–Trinajstić information content (AvgIpc) is 3.23. The van der Waals surface area contributed by atoms with Crippen LogP contribution in [0.5, 0.6) is 11.5 Å². The fourth-order valence-electron chi connectivity index (χ4n) is 4.05. The van der Waals surface area contributed by atoms with Crippen molar-refractivity contribution in [3.8, 4) is 11.5 Å². The number of hydrogen-bond acceptors (Lipinski definition) is 6. The number of aromatic nitrogens is 1. The highest BCUT2D eigenvalue weighted by Crippen LogP contribution is 2.43. The summed E-state index contributed by atoms with van der Waals surface area (Å²) in [4.78, 5) is 17.1. The number of ether oxygens (including phenoxy) is 2. The van der Waals surface area contributed by atoms with E-state index < -0.39 is 18.0 Å². The number of benzene rings is 2. The Hall–Kier alpha value is -3.50. The number of nitrogens with zero attached hydrogens (tertiary/aromatic N) is 1. The number of anilines is 1. The number of methoxy groups -OCH3 is 1. The van der Waals surface area contributed by atoms with E-state index in [9.17, 15) is 18.0 Å². The molecule has 0 unspecified atom stereocenters. The molecule has 5 rings (SSSR count). The van der Waals surface area contributed by atoms with Crippen LogP contribution in [0.1, 0.15) is 38.2 Å². The van der Waals surface area contributed by atoms with Crippen molar-refractivity contribution in [2.24, 2.45) is 0 Å². The number of carbonyl (C=O) groups excluding carboxylic acids is 1. The number of alkyl halides is 3. The van der Waals surface area contributed by atoms with Gasteiger partial charge in [-0.1, -0.05) is 17.7 Å². The minimum absolute atomic E-state index is 0.155. The summed E-state index contributed by atoms with van der Waals surface area (Å²) in [7, 11) is 1.55. The smallest absolute Gasteiger partial charge is 0.433 e. The Bertz CT molecular complexity index is 1470. The molecule has 0 aliphatic carbocycles. The van der Waals surface area contributed by atoms with Crippen LogP contribution in [0.25, 0.3) is 10.2 Å².